The van der Waals surface area contributed by atoms with Gasteiger partial charge in [0.2, 0.25) is 0 Å². The van der Waals surface area contributed by atoms with Crippen molar-refractivity contribution >= 4 is 23.3 Å². The molecule has 0 spiro atoms. The molecule has 1 heterocycles. The van der Waals surface area contributed by atoms with E-state index in [1.807, 2.05) is 97.1 Å². The monoisotopic (exact) mass is 542 g/mol. The number of rotatable bonds is 10. The van der Waals surface area contributed by atoms with Crippen LogP contribution in [0.15, 0.2) is 108 Å². The van der Waals surface area contributed by atoms with E-state index in [9.17, 15) is 4.79 Å². The summed E-state index contributed by atoms with van der Waals surface area (Å²) in [5.74, 6) is 0.184. The average Bonchev–Trinajstić information content (AvgIpc) is 3.60. The number of esters is 1. The van der Waals surface area contributed by atoms with E-state index in [2.05, 4.69) is 28.5 Å². The van der Waals surface area contributed by atoms with Gasteiger partial charge in [0.05, 0.1) is 30.1 Å². The molecule has 0 radical (unpaired) electrons. The number of hydrogen-bond acceptors (Lipinski definition) is 7. The summed E-state index contributed by atoms with van der Waals surface area (Å²) in [6, 6.07) is 33.7. The molecule has 1 aliphatic carbocycles. The molecular formula is C33H30N6O2. The molecule has 0 amide bonds. The number of unbranched alkanes of at least 4 members (excludes halogenated alkanes) is 2. The zero-order valence-corrected chi connectivity index (χ0v) is 22.9. The molecule has 5 aromatic rings. The summed E-state index contributed by atoms with van der Waals surface area (Å²) in [7, 11) is 0. The van der Waals surface area contributed by atoms with Crippen molar-refractivity contribution in [1.82, 2.24) is 20.2 Å². The van der Waals surface area contributed by atoms with Crippen LogP contribution >= 0.6 is 0 Å². The molecule has 1 aromatic heterocycles. The Morgan fingerprint density at radius 3 is 2.32 bits per heavy atom. The van der Waals surface area contributed by atoms with Crippen molar-refractivity contribution in [2.45, 2.75) is 32.7 Å². The fourth-order valence-electron chi connectivity index (χ4n) is 4.98. The Labute approximate surface area is 238 Å². The van der Waals surface area contributed by atoms with Gasteiger partial charge in [-0.2, -0.15) is 10.1 Å². The van der Waals surface area contributed by atoms with Crippen LogP contribution < -0.4 is 5.01 Å². The number of fused-ring (bicyclic) bond motifs is 3. The van der Waals surface area contributed by atoms with Gasteiger partial charge in [-0.3, -0.25) is 0 Å². The van der Waals surface area contributed by atoms with Crippen LogP contribution in [0.3, 0.4) is 0 Å². The van der Waals surface area contributed by atoms with Gasteiger partial charge in [0, 0.05) is 11.1 Å². The minimum Gasteiger partial charge on any atom is -0.462 e. The summed E-state index contributed by atoms with van der Waals surface area (Å²) in [5, 5.41) is 19.6. The largest absolute Gasteiger partial charge is 0.462 e. The maximum atomic E-state index is 12.8. The van der Waals surface area contributed by atoms with E-state index in [1.165, 1.54) is 0 Å². The van der Waals surface area contributed by atoms with Crippen LogP contribution in [0.1, 0.15) is 53.2 Å². The van der Waals surface area contributed by atoms with Crippen LogP contribution in [-0.2, 0) is 11.3 Å². The second-order valence-electron chi connectivity index (χ2n) is 9.87. The number of hydrazone groups is 1. The molecule has 204 valence electrons. The Morgan fingerprint density at radius 1 is 0.829 bits per heavy atom. The van der Waals surface area contributed by atoms with E-state index >= 15 is 0 Å². The highest BCUT2D eigenvalue weighted by molar-refractivity contribution is 6.25. The first kappa shape index (κ1) is 26.1. The Morgan fingerprint density at radius 2 is 1.54 bits per heavy atom. The predicted molar refractivity (Wildman–Crippen MR) is 159 cm³/mol. The average molecular weight is 543 g/mol. The lowest BCUT2D eigenvalue weighted by Gasteiger charge is -2.19. The molecule has 4 aromatic carbocycles. The molecule has 0 aliphatic heterocycles. The van der Waals surface area contributed by atoms with Gasteiger partial charge in [-0.15, -0.1) is 0 Å². The van der Waals surface area contributed by atoms with Crippen molar-refractivity contribution in [2.75, 3.05) is 11.6 Å². The lowest BCUT2D eigenvalue weighted by molar-refractivity contribution is 0.0498. The number of tetrazole rings is 1. The molecule has 8 nitrogen and oxygen atoms in total. The highest BCUT2D eigenvalue weighted by Gasteiger charge is 2.28. The molecule has 0 saturated carbocycles. The lowest BCUT2D eigenvalue weighted by atomic mass is 10.0. The molecule has 41 heavy (non-hydrogen) atoms. The first-order valence-electron chi connectivity index (χ1n) is 13.9. The van der Waals surface area contributed by atoms with Crippen LogP contribution in [0.4, 0.5) is 11.6 Å². The van der Waals surface area contributed by atoms with Crippen LogP contribution in [0, 0.1) is 0 Å². The zero-order valence-electron chi connectivity index (χ0n) is 22.9. The topological polar surface area (TPSA) is 85.5 Å². The molecule has 0 N–H and O–H groups in total. The van der Waals surface area contributed by atoms with Crippen molar-refractivity contribution in [3.8, 4) is 11.1 Å². The summed E-state index contributed by atoms with van der Waals surface area (Å²) < 4.78 is 7.28. The van der Waals surface area contributed by atoms with E-state index < -0.39 is 0 Å². The molecule has 1 aliphatic rings. The van der Waals surface area contributed by atoms with Crippen LogP contribution in [0.2, 0.25) is 0 Å². The van der Waals surface area contributed by atoms with Gasteiger partial charge in [0.25, 0.3) is 5.95 Å². The minimum atomic E-state index is -0.308. The number of hydrogen-bond donors (Lipinski definition) is 0. The van der Waals surface area contributed by atoms with Crippen molar-refractivity contribution in [2.24, 2.45) is 5.10 Å². The van der Waals surface area contributed by atoms with E-state index in [1.54, 1.807) is 9.69 Å². The summed E-state index contributed by atoms with van der Waals surface area (Å²) >= 11 is 0. The molecule has 0 saturated heterocycles. The first-order valence-corrected chi connectivity index (χ1v) is 13.9. The third-order valence-electron chi connectivity index (χ3n) is 7.04. The molecule has 0 fully saturated rings. The second kappa shape index (κ2) is 12.0. The van der Waals surface area contributed by atoms with Crippen molar-refractivity contribution in [3.63, 3.8) is 0 Å². The Kier molecular flexibility index (Phi) is 7.62. The summed E-state index contributed by atoms with van der Waals surface area (Å²) in [6.45, 7) is 3.05. The lowest BCUT2D eigenvalue weighted by Crippen LogP contribution is -2.19. The maximum Gasteiger partial charge on any atom is 0.338 e. The van der Waals surface area contributed by atoms with E-state index in [4.69, 9.17) is 9.84 Å². The molecule has 0 unspecified atom stereocenters. The van der Waals surface area contributed by atoms with Crippen LogP contribution in [0.5, 0.6) is 0 Å². The SMILES string of the molecule is CCCCCOC(=O)c1ccc2c(c1)-c1ccccc1C2=NN(c1ccccc1)c1nnnn1Cc1ccccc1. The second-order valence-corrected chi connectivity index (χ2v) is 9.87. The summed E-state index contributed by atoms with van der Waals surface area (Å²) in [6.07, 6.45) is 2.98. The van der Waals surface area contributed by atoms with Gasteiger partial charge in [0.1, 0.15) is 0 Å². The number of ether oxygens (including phenoxy) is 1. The number of aromatic nitrogens is 4. The van der Waals surface area contributed by atoms with Gasteiger partial charge in [0.15, 0.2) is 0 Å². The van der Waals surface area contributed by atoms with Gasteiger partial charge in [-0.25, -0.2) is 9.48 Å². The number of carbonyl (C=O) groups is 1. The number of benzene rings is 4. The fraction of sp³-hybridized carbons (Fsp3) is 0.182. The van der Waals surface area contributed by atoms with Gasteiger partial charge in [-0.1, -0.05) is 104 Å². The van der Waals surface area contributed by atoms with Crippen molar-refractivity contribution in [3.05, 3.63) is 125 Å². The highest BCUT2D eigenvalue weighted by Crippen LogP contribution is 2.39. The number of anilines is 2. The molecule has 0 atom stereocenters. The standard InChI is InChI=1S/C33H30N6O2/c1-2-3-12-21-41-32(40)25-19-20-29-30(22-25)27-17-10-11-18-28(27)31(29)35-39(26-15-8-5-9-16-26)33-34-36-37-38(33)23-24-13-6-4-7-14-24/h4-11,13-20,22H,2-3,12,21,23H2,1H3. The molecule has 6 rings (SSSR count). The van der Waals surface area contributed by atoms with E-state index in [-0.39, 0.29) is 5.97 Å². The minimum absolute atomic E-state index is 0.308. The van der Waals surface area contributed by atoms with Crippen LogP contribution in [-0.4, -0.2) is 38.5 Å². The Balaban J connectivity index is 1.41. The molecule has 0 bridgehead atoms. The Hall–Kier alpha value is -5.11. The fourth-order valence-corrected chi connectivity index (χ4v) is 4.98. The van der Waals surface area contributed by atoms with Crippen molar-refractivity contribution in [1.29, 1.82) is 0 Å². The van der Waals surface area contributed by atoms with Gasteiger partial charge in [-0.05, 0) is 57.8 Å². The Bertz CT molecular complexity index is 1680. The highest BCUT2D eigenvalue weighted by atomic mass is 16.5. The van der Waals surface area contributed by atoms with E-state index in [0.29, 0.717) is 24.7 Å². The maximum absolute atomic E-state index is 12.8. The zero-order chi connectivity index (χ0) is 28.0. The summed E-state index contributed by atoms with van der Waals surface area (Å²) in [5.41, 5.74) is 7.06. The smallest absolute Gasteiger partial charge is 0.338 e. The van der Waals surface area contributed by atoms with E-state index in [0.717, 1.165) is 58.5 Å². The third-order valence-corrected chi connectivity index (χ3v) is 7.04. The van der Waals surface area contributed by atoms with Crippen molar-refractivity contribution < 1.29 is 9.53 Å². The number of para-hydroxylation sites is 1. The first-order chi connectivity index (χ1) is 20.2. The molecular weight excluding hydrogens is 512 g/mol. The third kappa shape index (κ3) is 5.49. The van der Waals surface area contributed by atoms with Gasteiger partial charge < -0.3 is 4.74 Å². The summed E-state index contributed by atoms with van der Waals surface area (Å²) in [4.78, 5) is 12.8. The van der Waals surface area contributed by atoms with Gasteiger partial charge >= 0.3 is 5.97 Å². The molecule has 8 heteroatoms. The number of nitrogens with zero attached hydrogens (tertiary/aromatic N) is 6. The predicted octanol–water partition coefficient (Wildman–Crippen LogP) is 6.64. The van der Waals surface area contributed by atoms with Crippen LogP contribution in [0.25, 0.3) is 11.1 Å². The number of carbonyl (C=O) groups excluding carboxylic acids is 1. The quantitative estimate of drug-likeness (QED) is 0.110. The normalized spacial score (nSPS) is 12.7.